The predicted molar refractivity (Wildman–Crippen MR) is 70.9 cm³/mol. The highest BCUT2D eigenvalue weighted by Gasteiger charge is 2.42. The van der Waals surface area contributed by atoms with E-state index < -0.39 is 0 Å². The van der Waals surface area contributed by atoms with Crippen LogP contribution in [0.25, 0.3) is 0 Å². The molecule has 1 aliphatic carbocycles. The molecule has 1 heterocycles. The maximum Gasteiger partial charge on any atom is 0.221 e. The van der Waals surface area contributed by atoms with Gasteiger partial charge < -0.3 is 5.32 Å². The average Bonchev–Trinajstić information content (AvgIpc) is 3.10. The molecule has 1 aromatic heterocycles. The van der Waals surface area contributed by atoms with Gasteiger partial charge in [0.25, 0.3) is 0 Å². The van der Waals surface area contributed by atoms with E-state index in [1.165, 1.54) is 0 Å². The van der Waals surface area contributed by atoms with Crippen molar-refractivity contribution in [1.82, 2.24) is 10.3 Å². The van der Waals surface area contributed by atoms with E-state index in [2.05, 4.69) is 22.9 Å². The molecule has 0 aromatic carbocycles. The molecule has 1 N–H and O–H groups in total. The number of aromatic nitrogens is 1. The van der Waals surface area contributed by atoms with Crippen molar-refractivity contribution < 1.29 is 4.79 Å². The Kier molecular flexibility index (Phi) is 3.72. The second-order valence-electron chi connectivity index (χ2n) is 4.91. The van der Waals surface area contributed by atoms with Crippen molar-refractivity contribution in [3.63, 3.8) is 0 Å². The standard InChI is InChI=1S/C13H18N2OS/c1-10(11-3-2-6-14-8-11)15-12(16)7-13(9-17)4-5-13/h2-3,6,8,10,17H,4-5,7,9H2,1H3,(H,15,16). The lowest BCUT2D eigenvalue weighted by atomic mass is 10.0. The minimum Gasteiger partial charge on any atom is -0.350 e. The Morgan fingerprint density at radius 1 is 1.65 bits per heavy atom. The van der Waals surface area contributed by atoms with Crippen LogP contribution in [0.5, 0.6) is 0 Å². The number of thiol groups is 1. The SMILES string of the molecule is CC(NC(=O)CC1(CS)CC1)c1cccnc1. The summed E-state index contributed by atoms with van der Waals surface area (Å²) in [6.07, 6.45) is 6.38. The molecular weight excluding hydrogens is 232 g/mol. The molecular formula is C13H18N2OS. The Bertz CT molecular complexity index is 390. The van der Waals surface area contributed by atoms with Crippen LogP contribution in [0.15, 0.2) is 24.5 Å². The van der Waals surface area contributed by atoms with Gasteiger partial charge in [-0.2, -0.15) is 12.6 Å². The van der Waals surface area contributed by atoms with Gasteiger partial charge in [0.1, 0.15) is 0 Å². The van der Waals surface area contributed by atoms with E-state index in [1.807, 2.05) is 19.1 Å². The summed E-state index contributed by atoms with van der Waals surface area (Å²) in [5.74, 6) is 0.926. The van der Waals surface area contributed by atoms with Crippen LogP contribution in [0.2, 0.25) is 0 Å². The average molecular weight is 250 g/mol. The fourth-order valence-electron chi connectivity index (χ4n) is 1.92. The van der Waals surface area contributed by atoms with E-state index in [4.69, 9.17) is 0 Å². The van der Waals surface area contributed by atoms with Crippen molar-refractivity contribution in [3.8, 4) is 0 Å². The summed E-state index contributed by atoms with van der Waals surface area (Å²) in [4.78, 5) is 15.9. The van der Waals surface area contributed by atoms with Crippen molar-refractivity contribution in [2.45, 2.75) is 32.2 Å². The van der Waals surface area contributed by atoms with Gasteiger partial charge in [0.15, 0.2) is 0 Å². The zero-order chi connectivity index (χ0) is 12.3. The van der Waals surface area contributed by atoms with Gasteiger partial charge >= 0.3 is 0 Å². The van der Waals surface area contributed by atoms with Crippen molar-refractivity contribution in [2.75, 3.05) is 5.75 Å². The first-order chi connectivity index (χ1) is 8.15. The largest absolute Gasteiger partial charge is 0.350 e. The molecule has 1 aliphatic rings. The topological polar surface area (TPSA) is 42.0 Å². The fourth-order valence-corrected chi connectivity index (χ4v) is 2.34. The highest BCUT2D eigenvalue weighted by molar-refractivity contribution is 7.80. The second kappa shape index (κ2) is 5.08. The third-order valence-electron chi connectivity index (χ3n) is 3.39. The van der Waals surface area contributed by atoms with Crippen LogP contribution in [0, 0.1) is 5.41 Å². The molecule has 4 heteroatoms. The highest BCUT2D eigenvalue weighted by atomic mass is 32.1. The van der Waals surface area contributed by atoms with Gasteiger partial charge in [0, 0.05) is 18.8 Å². The first kappa shape index (κ1) is 12.4. The van der Waals surface area contributed by atoms with Gasteiger partial charge in [0.05, 0.1) is 6.04 Å². The molecule has 1 fully saturated rings. The molecule has 3 nitrogen and oxygen atoms in total. The molecule has 17 heavy (non-hydrogen) atoms. The summed E-state index contributed by atoms with van der Waals surface area (Å²) < 4.78 is 0. The molecule has 1 saturated carbocycles. The van der Waals surface area contributed by atoms with Crippen LogP contribution in [-0.4, -0.2) is 16.6 Å². The zero-order valence-corrected chi connectivity index (χ0v) is 10.9. The lowest BCUT2D eigenvalue weighted by Crippen LogP contribution is -2.29. The Morgan fingerprint density at radius 3 is 2.94 bits per heavy atom. The maximum absolute atomic E-state index is 11.9. The fraction of sp³-hybridized carbons (Fsp3) is 0.538. The van der Waals surface area contributed by atoms with Gasteiger partial charge in [-0.15, -0.1) is 0 Å². The Labute approximate surface area is 107 Å². The third kappa shape index (κ3) is 3.22. The maximum atomic E-state index is 11.9. The monoisotopic (exact) mass is 250 g/mol. The first-order valence-corrected chi connectivity index (χ1v) is 6.59. The van der Waals surface area contributed by atoms with Crippen molar-refractivity contribution in [2.24, 2.45) is 5.41 Å². The number of nitrogens with zero attached hydrogens (tertiary/aromatic N) is 1. The number of carbonyl (C=O) groups excluding carboxylic acids is 1. The third-order valence-corrected chi connectivity index (χ3v) is 4.06. The van der Waals surface area contributed by atoms with Crippen LogP contribution >= 0.6 is 12.6 Å². The van der Waals surface area contributed by atoms with Gasteiger partial charge in [-0.25, -0.2) is 0 Å². The summed E-state index contributed by atoms with van der Waals surface area (Å²) in [6.45, 7) is 1.98. The lowest BCUT2D eigenvalue weighted by Gasteiger charge is -2.16. The number of nitrogens with one attached hydrogen (secondary N) is 1. The minimum atomic E-state index is 0.0203. The van der Waals surface area contributed by atoms with Crippen LogP contribution < -0.4 is 5.32 Å². The van der Waals surface area contributed by atoms with Gasteiger partial charge in [-0.1, -0.05) is 6.07 Å². The molecule has 1 amide bonds. The molecule has 0 bridgehead atoms. The van der Waals surface area contributed by atoms with Crippen LogP contribution in [0.4, 0.5) is 0 Å². The molecule has 1 aromatic rings. The molecule has 2 rings (SSSR count). The highest BCUT2D eigenvalue weighted by Crippen LogP contribution is 2.49. The summed E-state index contributed by atoms with van der Waals surface area (Å²) in [6, 6.07) is 3.88. The van der Waals surface area contributed by atoms with E-state index in [9.17, 15) is 4.79 Å². The van der Waals surface area contributed by atoms with Crippen molar-refractivity contribution in [3.05, 3.63) is 30.1 Å². The molecule has 0 spiro atoms. The first-order valence-electron chi connectivity index (χ1n) is 5.95. The molecule has 1 unspecified atom stereocenters. The summed E-state index contributed by atoms with van der Waals surface area (Å²) >= 11 is 4.31. The smallest absolute Gasteiger partial charge is 0.221 e. The Hall–Kier alpha value is -1.03. The molecule has 0 radical (unpaired) electrons. The molecule has 0 saturated heterocycles. The van der Waals surface area contributed by atoms with E-state index in [1.54, 1.807) is 12.4 Å². The predicted octanol–water partition coefficient (Wildman–Crippen LogP) is 2.36. The Morgan fingerprint density at radius 2 is 2.41 bits per heavy atom. The summed E-state index contributed by atoms with van der Waals surface area (Å²) in [5, 5.41) is 3.01. The van der Waals surface area contributed by atoms with Gasteiger partial charge in [0.2, 0.25) is 5.91 Å². The number of hydrogen-bond acceptors (Lipinski definition) is 3. The summed E-state index contributed by atoms with van der Waals surface area (Å²) in [5.41, 5.74) is 1.22. The summed E-state index contributed by atoms with van der Waals surface area (Å²) in [7, 11) is 0. The zero-order valence-electron chi connectivity index (χ0n) is 10.0. The number of rotatable bonds is 5. The lowest BCUT2D eigenvalue weighted by molar-refractivity contribution is -0.122. The van der Waals surface area contributed by atoms with E-state index in [0.29, 0.717) is 6.42 Å². The number of hydrogen-bond donors (Lipinski definition) is 2. The van der Waals surface area contributed by atoms with Crippen LogP contribution in [-0.2, 0) is 4.79 Å². The normalized spacial score (nSPS) is 18.5. The van der Waals surface area contributed by atoms with Crippen LogP contribution in [0.3, 0.4) is 0 Å². The molecule has 92 valence electrons. The van der Waals surface area contributed by atoms with E-state index in [0.717, 1.165) is 24.2 Å². The van der Waals surface area contributed by atoms with Gasteiger partial charge in [-0.05, 0) is 42.6 Å². The van der Waals surface area contributed by atoms with E-state index in [-0.39, 0.29) is 17.4 Å². The number of pyridine rings is 1. The number of carbonyl (C=O) groups is 1. The quantitative estimate of drug-likeness (QED) is 0.788. The van der Waals surface area contributed by atoms with Crippen LogP contribution in [0.1, 0.15) is 37.8 Å². The minimum absolute atomic E-state index is 0.0203. The second-order valence-corrected chi connectivity index (χ2v) is 5.23. The molecule has 1 atom stereocenters. The van der Waals surface area contributed by atoms with Gasteiger partial charge in [-0.3, -0.25) is 9.78 Å². The Balaban J connectivity index is 1.87. The van der Waals surface area contributed by atoms with Crippen molar-refractivity contribution >= 4 is 18.5 Å². The number of amides is 1. The molecule has 0 aliphatic heterocycles. The van der Waals surface area contributed by atoms with E-state index >= 15 is 0 Å². The van der Waals surface area contributed by atoms with Crippen molar-refractivity contribution in [1.29, 1.82) is 0 Å².